The summed E-state index contributed by atoms with van der Waals surface area (Å²) >= 11 is 0. The molecule has 0 aromatic carbocycles. The summed E-state index contributed by atoms with van der Waals surface area (Å²) in [6.45, 7) is 16.2. The lowest BCUT2D eigenvalue weighted by atomic mass is 9.86. The molecule has 0 aromatic heterocycles. The monoisotopic (exact) mass is 553 g/mol. The third-order valence-corrected chi connectivity index (χ3v) is 8.00. The highest BCUT2D eigenvalue weighted by Gasteiger charge is 2.50. The molecule has 1 rings (SSSR count). The number of nitrogens with one attached hydrogen (secondary N) is 2. The number of carbonyl (C=O) groups excluding carboxylic acids is 5. The van der Waals surface area contributed by atoms with E-state index in [2.05, 4.69) is 10.6 Å². The fourth-order valence-corrected chi connectivity index (χ4v) is 4.68. The Balaban J connectivity index is 3.15. The van der Waals surface area contributed by atoms with Crippen LogP contribution in [-0.4, -0.2) is 82.8 Å². The maximum Gasteiger partial charge on any atom is 0.243 e. The van der Waals surface area contributed by atoms with Crippen molar-refractivity contribution in [3.8, 4) is 0 Å². The first-order valence-corrected chi connectivity index (χ1v) is 14.2. The van der Waals surface area contributed by atoms with Gasteiger partial charge in [-0.2, -0.15) is 0 Å². The summed E-state index contributed by atoms with van der Waals surface area (Å²) in [4.78, 5) is 66.6. The van der Waals surface area contributed by atoms with Crippen molar-refractivity contribution in [2.24, 2.45) is 23.7 Å². The van der Waals surface area contributed by atoms with Crippen LogP contribution >= 0.6 is 0 Å². The fourth-order valence-electron chi connectivity index (χ4n) is 4.68. The predicted molar refractivity (Wildman–Crippen MR) is 149 cm³/mol. The molecule has 1 fully saturated rings. The van der Waals surface area contributed by atoms with Crippen LogP contribution in [0.5, 0.6) is 0 Å². The number of hydrogen-bond acceptors (Lipinski definition) is 7. The maximum atomic E-state index is 13.6. The van der Waals surface area contributed by atoms with Crippen LogP contribution in [0.2, 0.25) is 0 Å². The summed E-state index contributed by atoms with van der Waals surface area (Å²) in [5, 5.41) is 16.1. The van der Waals surface area contributed by atoms with Gasteiger partial charge in [-0.15, -0.1) is 0 Å². The smallest absolute Gasteiger partial charge is 0.243 e. The standard InChI is InChI=1S/C29H51N3O7/c1-11-17(5)24(31-28(38)25(18(6)12-2)32(10)20(8)34)23(35)14-21(19(7)33)27(37)30-22(13-16(3)4)26(36)29(9)15-39-29/h16-19,21-22,24-25,33H,11-15H2,1-10H3,(H,30,37)(H,31,38)/t17?,18-,19+,21?,22?,24?,25?,29+/m0/s1. The van der Waals surface area contributed by atoms with E-state index in [0.29, 0.717) is 25.9 Å². The molecular weight excluding hydrogens is 502 g/mol. The van der Waals surface area contributed by atoms with E-state index >= 15 is 0 Å². The van der Waals surface area contributed by atoms with E-state index in [0.717, 1.165) is 0 Å². The molecule has 0 aliphatic carbocycles. The van der Waals surface area contributed by atoms with Gasteiger partial charge in [-0.25, -0.2) is 0 Å². The number of amides is 3. The molecular formula is C29H51N3O7. The summed E-state index contributed by atoms with van der Waals surface area (Å²) in [6.07, 6.45) is 0.161. The van der Waals surface area contributed by atoms with Crippen molar-refractivity contribution in [3.63, 3.8) is 0 Å². The molecule has 1 aliphatic heterocycles. The van der Waals surface area contributed by atoms with Gasteiger partial charge in [0, 0.05) is 20.4 Å². The van der Waals surface area contributed by atoms with Gasteiger partial charge in [0.25, 0.3) is 0 Å². The third-order valence-electron chi connectivity index (χ3n) is 8.00. The van der Waals surface area contributed by atoms with Crippen LogP contribution in [0.3, 0.4) is 0 Å². The van der Waals surface area contributed by atoms with Gasteiger partial charge < -0.3 is 25.4 Å². The molecule has 3 N–H and O–H groups in total. The number of rotatable bonds is 17. The summed E-state index contributed by atoms with van der Waals surface area (Å²) in [5.74, 6) is -3.29. The average molecular weight is 554 g/mol. The van der Waals surface area contributed by atoms with Crippen molar-refractivity contribution in [1.29, 1.82) is 0 Å². The quantitative estimate of drug-likeness (QED) is 0.234. The summed E-state index contributed by atoms with van der Waals surface area (Å²) in [6, 6.07) is -2.46. The zero-order valence-corrected chi connectivity index (χ0v) is 25.5. The number of epoxide rings is 1. The number of likely N-dealkylation sites (N-methyl/N-ethyl adjacent to an activating group) is 1. The lowest BCUT2D eigenvalue weighted by molar-refractivity contribution is -0.141. The van der Waals surface area contributed by atoms with Crippen molar-refractivity contribution in [1.82, 2.24) is 15.5 Å². The van der Waals surface area contributed by atoms with Gasteiger partial charge in [-0.05, 0) is 38.0 Å². The Morgan fingerprint density at radius 2 is 1.49 bits per heavy atom. The van der Waals surface area contributed by atoms with Gasteiger partial charge in [0.15, 0.2) is 11.6 Å². The Bertz CT molecular complexity index is 884. The molecule has 39 heavy (non-hydrogen) atoms. The third kappa shape index (κ3) is 9.67. The van der Waals surface area contributed by atoms with Crippen molar-refractivity contribution in [2.45, 2.75) is 118 Å². The number of hydrogen-bond donors (Lipinski definition) is 3. The molecule has 224 valence electrons. The van der Waals surface area contributed by atoms with E-state index in [-0.39, 0.29) is 35.9 Å². The first-order chi connectivity index (χ1) is 18.0. The fraction of sp³-hybridized carbons (Fsp3) is 0.828. The maximum absolute atomic E-state index is 13.6. The second-order valence-corrected chi connectivity index (χ2v) is 11.9. The minimum atomic E-state index is -1.17. The number of ether oxygens (including phenoxy) is 1. The summed E-state index contributed by atoms with van der Waals surface area (Å²) in [7, 11) is 1.56. The Kier molecular flexibility index (Phi) is 13.2. The molecule has 1 saturated heterocycles. The molecule has 3 amide bonds. The van der Waals surface area contributed by atoms with Crippen LogP contribution in [0.15, 0.2) is 0 Å². The molecule has 10 nitrogen and oxygen atoms in total. The lowest BCUT2D eigenvalue weighted by Gasteiger charge is -2.33. The normalized spacial score (nSPS) is 22.1. The number of ketones is 2. The number of nitrogens with zero attached hydrogens (tertiary/aromatic N) is 1. The highest BCUT2D eigenvalue weighted by molar-refractivity contribution is 5.98. The molecule has 1 heterocycles. The van der Waals surface area contributed by atoms with Crippen molar-refractivity contribution in [2.75, 3.05) is 13.7 Å². The Morgan fingerprint density at radius 1 is 0.949 bits per heavy atom. The van der Waals surface area contributed by atoms with E-state index in [4.69, 9.17) is 4.74 Å². The average Bonchev–Trinajstić information content (AvgIpc) is 3.61. The summed E-state index contributed by atoms with van der Waals surface area (Å²) in [5.41, 5.74) is -0.923. The zero-order valence-electron chi connectivity index (χ0n) is 25.5. The van der Waals surface area contributed by atoms with Gasteiger partial charge in [-0.3, -0.25) is 24.0 Å². The lowest BCUT2D eigenvalue weighted by Crippen LogP contribution is -2.56. The van der Waals surface area contributed by atoms with Gasteiger partial charge in [0.2, 0.25) is 17.7 Å². The highest BCUT2D eigenvalue weighted by atomic mass is 16.6. The first-order valence-electron chi connectivity index (χ1n) is 14.2. The minimum Gasteiger partial charge on any atom is -0.393 e. The van der Waals surface area contributed by atoms with Crippen LogP contribution in [0.1, 0.15) is 88.0 Å². The molecule has 0 saturated carbocycles. The second kappa shape index (κ2) is 14.9. The highest BCUT2D eigenvalue weighted by Crippen LogP contribution is 2.30. The first kappa shape index (κ1) is 34.7. The molecule has 0 radical (unpaired) electrons. The topological polar surface area (TPSA) is 145 Å². The van der Waals surface area contributed by atoms with Crippen LogP contribution < -0.4 is 10.6 Å². The van der Waals surface area contributed by atoms with Crippen molar-refractivity contribution in [3.05, 3.63) is 0 Å². The predicted octanol–water partition coefficient (Wildman–Crippen LogP) is 2.26. The van der Waals surface area contributed by atoms with E-state index in [1.165, 1.54) is 18.7 Å². The van der Waals surface area contributed by atoms with Crippen molar-refractivity contribution < 1.29 is 33.8 Å². The van der Waals surface area contributed by atoms with Crippen LogP contribution in [0.4, 0.5) is 0 Å². The van der Waals surface area contributed by atoms with E-state index < -0.39 is 53.3 Å². The number of aliphatic hydroxyl groups is 1. The minimum absolute atomic E-state index is 0.116. The number of carbonyl (C=O) groups is 5. The summed E-state index contributed by atoms with van der Waals surface area (Å²) < 4.78 is 5.29. The van der Waals surface area contributed by atoms with Gasteiger partial charge in [0.05, 0.1) is 30.7 Å². The van der Waals surface area contributed by atoms with Crippen molar-refractivity contribution >= 4 is 29.3 Å². The molecule has 0 spiro atoms. The van der Waals surface area contributed by atoms with E-state index in [1.54, 1.807) is 14.0 Å². The van der Waals surface area contributed by atoms with Gasteiger partial charge in [0.1, 0.15) is 11.6 Å². The molecule has 5 unspecified atom stereocenters. The SMILES string of the molecule is CCC(C)C(NC(=O)C([C@@H](C)CC)N(C)C(C)=O)C(=O)CC(C(=O)NC(CC(C)C)C(=O)[C@@]1(C)CO1)[C@@H](C)O. The van der Waals surface area contributed by atoms with Crippen LogP contribution in [0, 0.1) is 23.7 Å². The Hall–Kier alpha value is -2.33. The molecule has 8 atom stereocenters. The Labute approximate surface area is 234 Å². The van der Waals surface area contributed by atoms with Crippen LogP contribution in [-0.2, 0) is 28.7 Å². The second-order valence-electron chi connectivity index (χ2n) is 11.9. The van der Waals surface area contributed by atoms with Crippen LogP contribution in [0.25, 0.3) is 0 Å². The van der Waals surface area contributed by atoms with E-state index in [1.807, 2.05) is 41.5 Å². The van der Waals surface area contributed by atoms with Gasteiger partial charge >= 0.3 is 0 Å². The number of aliphatic hydroxyl groups excluding tert-OH is 1. The molecule has 1 aliphatic rings. The largest absolute Gasteiger partial charge is 0.393 e. The Morgan fingerprint density at radius 3 is 1.90 bits per heavy atom. The number of Topliss-reactive ketones (excluding diaryl/α,β-unsaturated/α-hetero) is 2. The molecule has 10 heteroatoms. The van der Waals surface area contributed by atoms with Gasteiger partial charge in [-0.1, -0.05) is 54.4 Å². The van der Waals surface area contributed by atoms with E-state index in [9.17, 15) is 29.1 Å². The molecule has 0 aromatic rings. The molecule has 0 bridgehead atoms. The zero-order chi connectivity index (χ0) is 30.2.